The summed E-state index contributed by atoms with van der Waals surface area (Å²) in [5.74, 6) is -1.72. The van der Waals surface area contributed by atoms with Gasteiger partial charge in [0.1, 0.15) is 6.54 Å². The summed E-state index contributed by atoms with van der Waals surface area (Å²) in [7, 11) is 0. The number of carboxylic acid groups (broad SMARTS) is 1. The van der Waals surface area contributed by atoms with Crippen molar-refractivity contribution in [2.75, 3.05) is 13.1 Å². The third-order valence-electron chi connectivity index (χ3n) is 1.90. The van der Waals surface area contributed by atoms with Crippen molar-refractivity contribution in [3.05, 3.63) is 21.3 Å². The van der Waals surface area contributed by atoms with Crippen LogP contribution in [-0.2, 0) is 16.1 Å². The third kappa shape index (κ3) is 6.63. The van der Waals surface area contributed by atoms with Crippen LogP contribution in [0.15, 0.2) is 12.1 Å². The molecule has 1 rings (SSSR count). The first-order valence-electron chi connectivity index (χ1n) is 5.22. The monoisotopic (exact) mass is 305 g/mol. The van der Waals surface area contributed by atoms with Gasteiger partial charge in [0.25, 0.3) is 0 Å². The van der Waals surface area contributed by atoms with Gasteiger partial charge in [0.2, 0.25) is 5.91 Å². The van der Waals surface area contributed by atoms with E-state index in [1.807, 2.05) is 0 Å². The molecular weight excluding hydrogens is 294 g/mol. The van der Waals surface area contributed by atoms with Crippen molar-refractivity contribution < 1.29 is 19.5 Å². The summed E-state index contributed by atoms with van der Waals surface area (Å²) >= 11 is 7.07. The molecule has 1 aromatic heterocycles. The molecule has 0 bridgehead atoms. The molecule has 0 radical (unpaired) electrons. The van der Waals surface area contributed by atoms with Crippen LogP contribution in [0.25, 0.3) is 0 Å². The first-order valence-corrected chi connectivity index (χ1v) is 6.41. The molecule has 9 heteroatoms. The lowest BCUT2D eigenvalue weighted by molar-refractivity contribution is -0.137. The third-order valence-corrected chi connectivity index (χ3v) is 3.13. The van der Waals surface area contributed by atoms with Gasteiger partial charge < -0.3 is 21.1 Å². The highest BCUT2D eigenvalue weighted by Gasteiger charge is 2.06. The van der Waals surface area contributed by atoms with Gasteiger partial charge >= 0.3 is 12.0 Å². The van der Waals surface area contributed by atoms with E-state index in [9.17, 15) is 14.4 Å². The molecule has 1 aromatic rings. The Bertz CT molecular complexity index is 477. The number of carboxylic acids is 1. The Morgan fingerprint density at radius 2 is 1.89 bits per heavy atom. The maximum Gasteiger partial charge on any atom is 0.322 e. The molecule has 0 saturated heterocycles. The summed E-state index contributed by atoms with van der Waals surface area (Å²) in [6, 6.07) is 2.99. The highest BCUT2D eigenvalue weighted by Crippen LogP contribution is 2.20. The average Bonchev–Trinajstić information content (AvgIpc) is 2.77. The summed E-state index contributed by atoms with van der Waals surface area (Å²) in [6.45, 7) is -0.458. The number of amides is 3. The zero-order valence-corrected chi connectivity index (χ0v) is 11.3. The smallest absolute Gasteiger partial charge is 0.322 e. The van der Waals surface area contributed by atoms with Gasteiger partial charge in [0, 0.05) is 4.88 Å². The van der Waals surface area contributed by atoms with E-state index in [0.717, 1.165) is 4.88 Å². The maximum atomic E-state index is 11.3. The zero-order chi connectivity index (χ0) is 14.3. The lowest BCUT2D eigenvalue weighted by atomic mass is 10.4. The largest absolute Gasteiger partial charge is 0.480 e. The molecule has 3 amide bonds. The van der Waals surface area contributed by atoms with E-state index >= 15 is 0 Å². The number of urea groups is 1. The summed E-state index contributed by atoms with van der Waals surface area (Å²) in [4.78, 5) is 33.5. The van der Waals surface area contributed by atoms with E-state index in [0.29, 0.717) is 10.9 Å². The Hall–Kier alpha value is -1.80. The minimum atomic E-state index is -1.15. The van der Waals surface area contributed by atoms with Gasteiger partial charge in [0.05, 0.1) is 17.4 Å². The molecule has 19 heavy (non-hydrogen) atoms. The van der Waals surface area contributed by atoms with E-state index in [2.05, 4.69) is 16.0 Å². The summed E-state index contributed by atoms with van der Waals surface area (Å²) < 4.78 is 0.630. The molecule has 7 nitrogen and oxygen atoms in total. The Morgan fingerprint density at radius 1 is 1.16 bits per heavy atom. The van der Waals surface area contributed by atoms with E-state index in [1.165, 1.54) is 11.3 Å². The lowest BCUT2D eigenvalue weighted by Crippen LogP contribution is -2.42. The number of hydrogen-bond donors (Lipinski definition) is 4. The van der Waals surface area contributed by atoms with Crippen LogP contribution in [0.4, 0.5) is 4.79 Å². The van der Waals surface area contributed by atoms with Crippen LogP contribution in [0, 0.1) is 0 Å². The molecule has 0 aromatic carbocycles. The zero-order valence-electron chi connectivity index (χ0n) is 9.73. The van der Waals surface area contributed by atoms with Gasteiger partial charge in [0.15, 0.2) is 0 Å². The molecule has 0 aliphatic rings. The van der Waals surface area contributed by atoms with Gasteiger partial charge in [-0.25, -0.2) is 4.79 Å². The second-order valence-corrected chi connectivity index (χ2v) is 5.21. The maximum absolute atomic E-state index is 11.3. The van der Waals surface area contributed by atoms with Crippen LogP contribution >= 0.6 is 22.9 Å². The Morgan fingerprint density at radius 3 is 2.47 bits per heavy atom. The molecule has 0 aliphatic heterocycles. The molecule has 0 unspecified atom stereocenters. The summed E-state index contributed by atoms with van der Waals surface area (Å²) in [5.41, 5.74) is 0. The van der Waals surface area contributed by atoms with E-state index in [1.54, 1.807) is 12.1 Å². The molecule has 0 atom stereocenters. The number of rotatable bonds is 6. The Labute approximate surface area is 117 Å². The fourth-order valence-corrected chi connectivity index (χ4v) is 2.10. The molecule has 104 valence electrons. The second kappa shape index (κ2) is 7.59. The fourth-order valence-electron chi connectivity index (χ4n) is 1.07. The standard InChI is InChI=1S/C10H12ClN3O4S/c11-7-2-1-6(19-7)3-13-10(18)14-4-8(15)12-5-9(16)17/h1-2H,3-5H2,(H,12,15)(H,16,17)(H2,13,14,18). The molecule has 4 N–H and O–H groups in total. The highest BCUT2D eigenvalue weighted by molar-refractivity contribution is 7.16. The fraction of sp³-hybridized carbons (Fsp3) is 0.300. The molecule has 0 aliphatic carbocycles. The van der Waals surface area contributed by atoms with Gasteiger partial charge in [-0.1, -0.05) is 11.6 Å². The minimum Gasteiger partial charge on any atom is -0.480 e. The number of nitrogens with one attached hydrogen (secondary N) is 3. The Kier molecular flexibility index (Phi) is 6.10. The van der Waals surface area contributed by atoms with Crippen molar-refractivity contribution in [2.45, 2.75) is 6.54 Å². The number of halogens is 1. The molecule has 0 fully saturated rings. The molecule has 1 heterocycles. The van der Waals surface area contributed by atoms with Crippen molar-refractivity contribution >= 4 is 40.8 Å². The van der Waals surface area contributed by atoms with E-state index in [4.69, 9.17) is 16.7 Å². The average molecular weight is 306 g/mol. The van der Waals surface area contributed by atoms with Crippen LogP contribution in [0.1, 0.15) is 4.88 Å². The van der Waals surface area contributed by atoms with Gasteiger partial charge in [-0.15, -0.1) is 11.3 Å². The van der Waals surface area contributed by atoms with Gasteiger partial charge in [-0.2, -0.15) is 0 Å². The highest BCUT2D eigenvalue weighted by atomic mass is 35.5. The van der Waals surface area contributed by atoms with Crippen molar-refractivity contribution in [2.24, 2.45) is 0 Å². The number of aliphatic carboxylic acids is 1. The number of thiophene rings is 1. The number of carbonyl (C=O) groups is 3. The van der Waals surface area contributed by atoms with Crippen LogP contribution in [-0.4, -0.2) is 36.1 Å². The van der Waals surface area contributed by atoms with E-state index in [-0.39, 0.29) is 6.54 Å². The summed E-state index contributed by atoms with van der Waals surface area (Å²) in [5, 5.41) is 15.3. The van der Waals surface area contributed by atoms with Crippen LogP contribution in [0.2, 0.25) is 4.34 Å². The SMILES string of the molecule is O=C(O)CNC(=O)CNC(=O)NCc1ccc(Cl)s1. The molecule has 0 spiro atoms. The van der Waals surface area contributed by atoms with Crippen LogP contribution in [0.3, 0.4) is 0 Å². The van der Waals surface area contributed by atoms with E-state index < -0.39 is 24.5 Å². The first kappa shape index (κ1) is 15.3. The summed E-state index contributed by atoms with van der Waals surface area (Å²) in [6.07, 6.45) is 0. The molecular formula is C10H12ClN3O4S. The van der Waals surface area contributed by atoms with Gasteiger partial charge in [-0.3, -0.25) is 9.59 Å². The minimum absolute atomic E-state index is 0.287. The second-order valence-electron chi connectivity index (χ2n) is 3.41. The predicted octanol–water partition coefficient (Wildman–Crippen LogP) is 0.402. The quantitative estimate of drug-likeness (QED) is 0.610. The van der Waals surface area contributed by atoms with Crippen molar-refractivity contribution in [1.82, 2.24) is 16.0 Å². The van der Waals surface area contributed by atoms with Crippen molar-refractivity contribution in [1.29, 1.82) is 0 Å². The lowest BCUT2D eigenvalue weighted by Gasteiger charge is -2.06. The normalized spacial score (nSPS) is 9.74. The number of hydrogen-bond acceptors (Lipinski definition) is 4. The first-order chi connectivity index (χ1) is 8.97. The van der Waals surface area contributed by atoms with Crippen LogP contribution < -0.4 is 16.0 Å². The topological polar surface area (TPSA) is 108 Å². The van der Waals surface area contributed by atoms with Crippen LogP contribution in [0.5, 0.6) is 0 Å². The number of carbonyl (C=O) groups excluding carboxylic acids is 2. The molecule has 0 saturated carbocycles. The Balaban J connectivity index is 2.17. The predicted molar refractivity (Wildman–Crippen MR) is 70.2 cm³/mol. The van der Waals surface area contributed by atoms with Gasteiger partial charge in [-0.05, 0) is 12.1 Å². The van der Waals surface area contributed by atoms with Crippen molar-refractivity contribution in [3.63, 3.8) is 0 Å². The van der Waals surface area contributed by atoms with Crippen molar-refractivity contribution in [3.8, 4) is 0 Å².